The Kier molecular flexibility index (Phi) is 8.80. The van der Waals surface area contributed by atoms with Crippen LogP contribution in [0, 0.1) is 20.2 Å². The van der Waals surface area contributed by atoms with Gasteiger partial charge < -0.3 is 9.47 Å². The molecule has 3 aromatic rings. The number of methoxy groups -OCH3 is 1. The smallest absolute Gasteiger partial charge is 0.277 e. The van der Waals surface area contributed by atoms with Gasteiger partial charge in [-0.25, -0.2) is 5.43 Å². The Balaban J connectivity index is 1.75. The molecule has 1 amide bonds. The quantitative estimate of drug-likeness (QED) is 0.183. The number of carbonyl (C=O) groups excluding carboxylic acids is 1. The highest BCUT2D eigenvalue weighted by molar-refractivity contribution is 9.10. The maximum absolute atomic E-state index is 12.4. The Morgan fingerprint density at radius 3 is 2.33 bits per heavy atom. The lowest BCUT2D eigenvalue weighted by atomic mass is 10.1. The van der Waals surface area contributed by atoms with Gasteiger partial charge in [0.1, 0.15) is 6.61 Å². The highest BCUT2D eigenvalue weighted by atomic mass is 79.9. The summed E-state index contributed by atoms with van der Waals surface area (Å²) in [5.41, 5.74) is 1.91. The van der Waals surface area contributed by atoms with Gasteiger partial charge >= 0.3 is 0 Å². The lowest BCUT2D eigenvalue weighted by molar-refractivity contribution is -0.394. The molecule has 0 saturated heterocycles. The van der Waals surface area contributed by atoms with Crippen molar-refractivity contribution in [2.75, 3.05) is 7.11 Å². The minimum atomic E-state index is -0.871. The highest BCUT2D eigenvalue weighted by Gasteiger charge is 2.20. The van der Waals surface area contributed by atoms with Crippen LogP contribution in [0.25, 0.3) is 0 Å². The maximum Gasteiger partial charge on any atom is 0.277 e. The van der Waals surface area contributed by atoms with Gasteiger partial charge in [0, 0.05) is 27.7 Å². The number of rotatable bonds is 9. The van der Waals surface area contributed by atoms with E-state index in [2.05, 4.69) is 26.5 Å². The average Bonchev–Trinajstić information content (AvgIpc) is 2.83. The largest absolute Gasteiger partial charge is 0.493 e. The first-order valence-corrected chi connectivity index (χ1v) is 11.4. The Hall–Kier alpha value is -3.74. The SMILES string of the molecule is COc1cc(/C=N\NC(=O)c2cc([N+](=O)[O-])cc([N+](=O)[O-])c2)cc(Br)c1OCc1ccc(Cl)cc1Cl. The van der Waals surface area contributed by atoms with Crippen LogP contribution in [0.3, 0.4) is 0 Å². The summed E-state index contributed by atoms with van der Waals surface area (Å²) in [6.45, 7) is 0.143. The summed E-state index contributed by atoms with van der Waals surface area (Å²) in [5, 5.41) is 26.8. The second-order valence-corrected chi connectivity index (χ2v) is 8.71. The summed E-state index contributed by atoms with van der Waals surface area (Å²) in [6.07, 6.45) is 1.29. The fraction of sp³-hybridized carbons (Fsp3) is 0.0909. The Labute approximate surface area is 222 Å². The summed E-state index contributed by atoms with van der Waals surface area (Å²) >= 11 is 15.5. The van der Waals surface area contributed by atoms with Gasteiger partial charge in [-0.15, -0.1) is 0 Å². The van der Waals surface area contributed by atoms with Crippen LogP contribution in [0.4, 0.5) is 11.4 Å². The van der Waals surface area contributed by atoms with Gasteiger partial charge in [0.25, 0.3) is 17.3 Å². The van der Waals surface area contributed by atoms with Crippen molar-refractivity contribution in [3.8, 4) is 11.5 Å². The van der Waals surface area contributed by atoms with Crippen molar-refractivity contribution in [3.63, 3.8) is 0 Å². The number of halogens is 3. The van der Waals surface area contributed by atoms with Crippen LogP contribution >= 0.6 is 39.1 Å². The topological polar surface area (TPSA) is 146 Å². The summed E-state index contributed by atoms with van der Waals surface area (Å²) < 4.78 is 11.8. The number of nitrogens with one attached hydrogen (secondary N) is 1. The predicted octanol–water partition coefficient (Wildman–Crippen LogP) is 5.92. The molecule has 36 heavy (non-hydrogen) atoms. The molecule has 0 aliphatic heterocycles. The molecule has 1 N–H and O–H groups in total. The van der Waals surface area contributed by atoms with Crippen LogP contribution in [-0.2, 0) is 6.61 Å². The number of nitro groups is 2. The van der Waals surface area contributed by atoms with E-state index in [1.807, 2.05) is 0 Å². The average molecular weight is 598 g/mol. The first kappa shape index (κ1) is 26.9. The van der Waals surface area contributed by atoms with E-state index in [0.717, 1.165) is 18.2 Å². The fourth-order valence-electron chi connectivity index (χ4n) is 2.91. The molecule has 0 aromatic heterocycles. The van der Waals surface area contributed by atoms with E-state index in [1.54, 1.807) is 30.3 Å². The van der Waals surface area contributed by atoms with Crippen LogP contribution in [0.5, 0.6) is 11.5 Å². The van der Waals surface area contributed by atoms with E-state index in [9.17, 15) is 25.0 Å². The number of carbonyl (C=O) groups is 1. The third-order valence-electron chi connectivity index (χ3n) is 4.60. The predicted molar refractivity (Wildman–Crippen MR) is 136 cm³/mol. The van der Waals surface area contributed by atoms with Crippen LogP contribution in [-0.4, -0.2) is 29.1 Å². The van der Waals surface area contributed by atoms with Crippen LogP contribution < -0.4 is 14.9 Å². The summed E-state index contributed by atoms with van der Waals surface area (Å²) in [7, 11) is 1.45. The number of nitro benzene ring substituents is 2. The first-order chi connectivity index (χ1) is 17.1. The van der Waals surface area contributed by atoms with E-state index in [1.165, 1.54) is 13.3 Å². The number of hydrazone groups is 1. The van der Waals surface area contributed by atoms with Gasteiger partial charge in [-0.05, 0) is 45.8 Å². The second-order valence-electron chi connectivity index (χ2n) is 7.01. The van der Waals surface area contributed by atoms with Gasteiger partial charge in [-0.1, -0.05) is 29.3 Å². The third-order valence-corrected chi connectivity index (χ3v) is 5.78. The minimum absolute atomic E-state index is 0.143. The number of amides is 1. The van der Waals surface area contributed by atoms with Crippen molar-refractivity contribution in [1.29, 1.82) is 0 Å². The van der Waals surface area contributed by atoms with E-state index < -0.39 is 27.1 Å². The lowest BCUT2D eigenvalue weighted by Crippen LogP contribution is -2.18. The molecule has 0 radical (unpaired) electrons. The number of benzene rings is 3. The molecule has 14 heteroatoms. The summed E-state index contributed by atoms with van der Waals surface area (Å²) in [6, 6.07) is 10.9. The first-order valence-electron chi connectivity index (χ1n) is 9.80. The molecular weight excluding hydrogens is 583 g/mol. The molecule has 0 unspecified atom stereocenters. The second kappa shape index (κ2) is 11.8. The Morgan fingerprint density at radius 2 is 1.75 bits per heavy atom. The van der Waals surface area contributed by atoms with Crippen molar-refractivity contribution in [1.82, 2.24) is 5.43 Å². The molecule has 0 spiro atoms. The molecule has 0 fully saturated rings. The number of ether oxygens (including phenoxy) is 2. The van der Waals surface area contributed by atoms with Gasteiger partial charge in [-0.2, -0.15) is 5.10 Å². The molecule has 3 aromatic carbocycles. The molecule has 3 rings (SSSR count). The van der Waals surface area contributed by atoms with Gasteiger partial charge in [0.15, 0.2) is 11.5 Å². The molecule has 0 heterocycles. The zero-order valence-electron chi connectivity index (χ0n) is 18.2. The fourth-order valence-corrected chi connectivity index (χ4v) is 3.95. The third kappa shape index (κ3) is 6.68. The zero-order chi connectivity index (χ0) is 26.4. The molecule has 0 atom stereocenters. The summed E-state index contributed by atoms with van der Waals surface area (Å²) in [5.74, 6) is -0.117. The van der Waals surface area contributed by atoms with Crippen molar-refractivity contribution < 1.29 is 24.1 Å². The molecular formula is C22H15BrCl2N4O7. The van der Waals surface area contributed by atoms with Crippen molar-refractivity contribution in [3.05, 3.63) is 100.0 Å². The van der Waals surface area contributed by atoms with E-state index in [-0.39, 0.29) is 12.2 Å². The van der Waals surface area contributed by atoms with Gasteiger partial charge in [-0.3, -0.25) is 25.0 Å². The minimum Gasteiger partial charge on any atom is -0.493 e. The molecule has 11 nitrogen and oxygen atoms in total. The zero-order valence-corrected chi connectivity index (χ0v) is 21.3. The maximum atomic E-state index is 12.4. The summed E-state index contributed by atoms with van der Waals surface area (Å²) in [4.78, 5) is 32.7. The number of hydrogen-bond donors (Lipinski definition) is 1. The standard InChI is InChI=1S/C22H15BrCl2N4O7/c1-35-20-5-12(4-18(23)21(20)36-11-13-2-3-15(24)8-19(13)25)10-26-27-22(30)14-6-16(28(31)32)9-17(7-14)29(33)34/h2-10H,11H2,1H3,(H,27,30)/b26-10-. The van der Waals surface area contributed by atoms with Crippen LogP contribution in [0.1, 0.15) is 21.5 Å². The van der Waals surface area contributed by atoms with E-state index >= 15 is 0 Å². The van der Waals surface area contributed by atoms with Gasteiger partial charge in [0.05, 0.1) is 39.3 Å². The lowest BCUT2D eigenvalue weighted by Gasteiger charge is -2.14. The Bertz CT molecular complexity index is 1350. The van der Waals surface area contributed by atoms with Gasteiger partial charge in [0.2, 0.25) is 0 Å². The van der Waals surface area contributed by atoms with Crippen molar-refractivity contribution >= 4 is 62.6 Å². The molecule has 0 bridgehead atoms. The van der Waals surface area contributed by atoms with E-state index in [0.29, 0.717) is 37.1 Å². The molecule has 0 saturated carbocycles. The molecule has 186 valence electrons. The number of hydrogen-bond acceptors (Lipinski definition) is 8. The highest BCUT2D eigenvalue weighted by Crippen LogP contribution is 2.37. The van der Waals surface area contributed by atoms with Crippen LogP contribution in [0.2, 0.25) is 10.0 Å². The number of non-ortho nitro benzene ring substituents is 2. The normalized spacial score (nSPS) is 10.8. The monoisotopic (exact) mass is 596 g/mol. The number of nitrogens with zero attached hydrogens (tertiary/aromatic N) is 3. The molecule has 0 aliphatic carbocycles. The van der Waals surface area contributed by atoms with Crippen molar-refractivity contribution in [2.45, 2.75) is 6.61 Å². The van der Waals surface area contributed by atoms with Crippen LogP contribution in [0.15, 0.2) is 58.1 Å². The Morgan fingerprint density at radius 1 is 1.08 bits per heavy atom. The molecule has 0 aliphatic rings. The van der Waals surface area contributed by atoms with Crippen molar-refractivity contribution in [2.24, 2.45) is 5.10 Å². The van der Waals surface area contributed by atoms with E-state index in [4.69, 9.17) is 32.7 Å².